The molecular weight excluding hydrogens is 509 g/mol. The lowest BCUT2D eigenvalue weighted by molar-refractivity contribution is -0.122. The molecule has 2 aliphatic carbocycles. The molecule has 1 saturated heterocycles. The maximum absolute atomic E-state index is 13.5. The first-order valence-corrected chi connectivity index (χ1v) is 14.7. The summed E-state index contributed by atoms with van der Waals surface area (Å²) in [7, 11) is 0. The Morgan fingerprint density at radius 2 is 1.60 bits per heavy atom. The largest absolute Gasteiger partial charge is 0.369 e. The van der Waals surface area contributed by atoms with E-state index >= 15 is 0 Å². The molecule has 1 heterocycles. The normalized spacial score (nSPS) is 18.4. The number of hydrogen-bond acceptors (Lipinski definition) is 4. The summed E-state index contributed by atoms with van der Waals surface area (Å²) in [5.41, 5.74) is 2.62. The monoisotopic (exact) mass is 549 g/mol. The Labute approximate surface area is 235 Å². The van der Waals surface area contributed by atoms with E-state index in [0.29, 0.717) is 37.4 Å². The number of carbonyl (C=O) groups is 3. The van der Waals surface area contributed by atoms with Gasteiger partial charge in [0, 0.05) is 56.1 Å². The van der Waals surface area contributed by atoms with Crippen molar-refractivity contribution in [2.45, 2.75) is 70.4 Å². The molecule has 4 amide bonds. The molecule has 2 aromatic carbocycles. The zero-order valence-electron chi connectivity index (χ0n) is 23.1. The molecular formula is C31H40FN5O3. The van der Waals surface area contributed by atoms with Gasteiger partial charge in [0.2, 0.25) is 5.91 Å². The summed E-state index contributed by atoms with van der Waals surface area (Å²) in [5, 5.41) is 9.16. The summed E-state index contributed by atoms with van der Waals surface area (Å²) in [6.07, 6.45) is 9.32. The number of nitrogens with one attached hydrogen (secondary N) is 3. The first-order chi connectivity index (χ1) is 19.5. The van der Waals surface area contributed by atoms with Crippen LogP contribution in [0.1, 0.15) is 73.7 Å². The molecule has 0 atom stereocenters. The van der Waals surface area contributed by atoms with E-state index in [1.54, 1.807) is 18.2 Å². The Bertz CT molecular complexity index is 1190. The van der Waals surface area contributed by atoms with Crippen LogP contribution in [0.2, 0.25) is 0 Å². The number of nitrogens with zero attached hydrogens (tertiary/aromatic N) is 2. The minimum Gasteiger partial charge on any atom is -0.369 e. The van der Waals surface area contributed by atoms with Gasteiger partial charge in [0.1, 0.15) is 5.82 Å². The van der Waals surface area contributed by atoms with Crippen molar-refractivity contribution in [3.63, 3.8) is 0 Å². The van der Waals surface area contributed by atoms with Crippen molar-refractivity contribution in [1.82, 2.24) is 15.5 Å². The highest BCUT2D eigenvalue weighted by Crippen LogP contribution is 2.30. The fraction of sp³-hybridized carbons (Fsp3) is 0.516. The molecule has 5 rings (SSSR count). The van der Waals surface area contributed by atoms with Crippen molar-refractivity contribution in [3.05, 3.63) is 59.4 Å². The van der Waals surface area contributed by atoms with E-state index in [1.807, 2.05) is 17.0 Å². The van der Waals surface area contributed by atoms with Gasteiger partial charge in [-0.3, -0.25) is 9.59 Å². The molecule has 9 heteroatoms. The summed E-state index contributed by atoms with van der Waals surface area (Å²) in [4.78, 5) is 43.1. The van der Waals surface area contributed by atoms with Gasteiger partial charge in [0.05, 0.1) is 5.56 Å². The molecule has 0 aromatic heterocycles. The van der Waals surface area contributed by atoms with Crippen LogP contribution in [0.4, 0.5) is 20.6 Å². The van der Waals surface area contributed by atoms with Gasteiger partial charge in [-0.05, 0) is 68.0 Å². The van der Waals surface area contributed by atoms with Gasteiger partial charge in [-0.25, -0.2) is 9.18 Å². The van der Waals surface area contributed by atoms with Crippen molar-refractivity contribution in [2.75, 3.05) is 36.4 Å². The summed E-state index contributed by atoms with van der Waals surface area (Å²) < 4.78 is 13.3. The van der Waals surface area contributed by atoms with Crippen molar-refractivity contribution in [3.8, 4) is 0 Å². The molecule has 3 fully saturated rings. The number of anilines is 2. The first-order valence-electron chi connectivity index (χ1n) is 14.7. The minimum atomic E-state index is -0.324. The molecule has 40 heavy (non-hydrogen) atoms. The molecule has 3 N–H and O–H groups in total. The van der Waals surface area contributed by atoms with E-state index < -0.39 is 0 Å². The molecule has 1 aliphatic heterocycles. The van der Waals surface area contributed by atoms with E-state index in [2.05, 4.69) is 20.9 Å². The fourth-order valence-corrected chi connectivity index (χ4v) is 5.74. The van der Waals surface area contributed by atoms with Gasteiger partial charge in [-0.1, -0.05) is 37.8 Å². The van der Waals surface area contributed by atoms with E-state index in [9.17, 15) is 18.8 Å². The molecule has 0 unspecified atom stereocenters. The molecule has 0 bridgehead atoms. The van der Waals surface area contributed by atoms with Crippen LogP contribution in [0.15, 0.2) is 42.5 Å². The SMILES string of the molecule is O=C(NCc1ccc(F)cc1)c1cc(NC(=O)C2CCC2)ccc1N1CCCN(C(=O)NC2CCCCC2)CC1. The first kappa shape index (κ1) is 27.9. The van der Waals surface area contributed by atoms with Crippen LogP contribution < -0.4 is 20.9 Å². The Balaban J connectivity index is 1.29. The van der Waals surface area contributed by atoms with Crippen LogP contribution in [-0.4, -0.2) is 55.0 Å². The smallest absolute Gasteiger partial charge is 0.317 e. The molecule has 214 valence electrons. The van der Waals surface area contributed by atoms with Gasteiger partial charge >= 0.3 is 6.03 Å². The number of urea groups is 1. The van der Waals surface area contributed by atoms with Crippen molar-refractivity contribution in [2.24, 2.45) is 5.92 Å². The third kappa shape index (κ3) is 7.11. The second-order valence-electron chi connectivity index (χ2n) is 11.3. The van der Waals surface area contributed by atoms with Gasteiger partial charge in [-0.15, -0.1) is 0 Å². The van der Waals surface area contributed by atoms with Crippen LogP contribution in [0.5, 0.6) is 0 Å². The summed E-state index contributed by atoms with van der Waals surface area (Å²) in [6.45, 7) is 2.79. The van der Waals surface area contributed by atoms with Crippen LogP contribution in [-0.2, 0) is 11.3 Å². The van der Waals surface area contributed by atoms with Crippen molar-refractivity contribution < 1.29 is 18.8 Å². The predicted octanol–water partition coefficient (Wildman–Crippen LogP) is 5.05. The van der Waals surface area contributed by atoms with Crippen LogP contribution in [0.3, 0.4) is 0 Å². The zero-order valence-corrected chi connectivity index (χ0v) is 23.1. The average Bonchev–Trinajstić information content (AvgIpc) is 3.19. The lowest BCUT2D eigenvalue weighted by Gasteiger charge is -2.28. The van der Waals surface area contributed by atoms with Gasteiger partial charge in [0.15, 0.2) is 0 Å². The number of benzene rings is 2. The Morgan fingerprint density at radius 3 is 2.33 bits per heavy atom. The van der Waals surface area contributed by atoms with Gasteiger partial charge in [-0.2, -0.15) is 0 Å². The summed E-state index contributed by atoms with van der Waals surface area (Å²) in [6, 6.07) is 11.8. The maximum Gasteiger partial charge on any atom is 0.317 e. The molecule has 3 aliphatic rings. The Hall–Kier alpha value is -3.62. The second kappa shape index (κ2) is 13.2. The van der Waals surface area contributed by atoms with E-state index in [0.717, 1.165) is 49.8 Å². The fourth-order valence-electron chi connectivity index (χ4n) is 5.74. The summed E-state index contributed by atoms with van der Waals surface area (Å²) >= 11 is 0. The minimum absolute atomic E-state index is 0.0000639. The predicted molar refractivity (Wildman–Crippen MR) is 154 cm³/mol. The van der Waals surface area contributed by atoms with Crippen molar-refractivity contribution in [1.29, 1.82) is 0 Å². The van der Waals surface area contributed by atoms with E-state index in [1.165, 1.54) is 31.4 Å². The number of rotatable bonds is 7. The van der Waals surface area contributed by atoms with Crippen LogP contribution >= 0.6 is 0 Å². The van der Waals surface area contributed by atoms with E-state index in [-0.39, 0.29) is 42.2 Å². The third-order valence-corrected chi connectivity index (χ3v) is 8.41. The highest BCUT2D eigenvalue weighted by molar-refractivity contribution is 6.02. The molecule has 0 radical (unpaired) electrons. The zero-order chi connectivity index (χ0) is 27.9. The molecule has 8 nitrogen and oxygen atoms in total. The van der Waals surface area contributed by atoms with Gasteiger partial charge in [0.25, 0.3) is 5.91 Å². The average molecular weight is 550 g/mol. The topological polar surface area (TPSA) is 93.8 Å². The van der Waals surface area contributed by atoms with Crippen LogP contribution in [0, 0.1) is 11.7 Å². The van der Waals surface area contributed by atoms with Crippen LogP contribution in [0.25, 0.3) is 0 Å². The highest BCUT2D eigenvalue weighted by atomic mass is 19.1. The van der Waals surface area contributed by atoms with Crippen molar-refractivity contribution >= 4 is 29.2 Å². The standard InChI is InChI=1S/C31H40FN5O3/c32-24-12-10-22(11-13-24)21-33-30(39)27-20-26(34-29(38)23-6-4-7-23)14-15-28(27)36-16-5-17-37(19-18-36)31(40)35-25-8-2-1-3-9-25/h10-15,20,23,25H,1-9,16-19,21H2,(H,33,39)(H,34,38)(H,35,40). The lowest BCUT2D eigenvalue weighted by atomic mass is 9.85. The number of carbonyl (C=O) groups excluding carboxylic acids is 3. The lowest BCUT2D eigenvalue weighted by Crippen LogP contribution is -2.46. The maximum atomic E-state index is 13.5. The van der Waals surface area contributed by atoms with Gasteiger partial charge < -0.3 is 25.8 Å². The quantitative estimate of drug-likeness (QED) is 0.451. The molecule has 2 saturated carbocycles. The third-order valence-electron chi connectivity index (χ3n) is 8.41. The second-order valence-corrected chi connectivity index (χ2v) is 11.3. The Morgan fingerprint density at radius 1 is 0.825 bits per heavy atom. The number of amides is 4. The molecule has 0 spiro atoms. The summed E-state index contributed by atoms with van der Waals surface area (Å²) in [5.74, 6) is -0.567. The highest BCUT2D eigenvalue weighted by Gasteiger charge is 2.27. The molecule has 2 aromatic rings. The number of hydrogen-bond donors (Lipinski definition) is 3. The number of halogens is 1. The van der Waals surface area contributed by atoms with E-state index in [4.69, 9.17) is 0 Å². The Kier molecular flexibility index (Phi) is 9.19.